The number of carbonyl (C=O) groups is 1. The lowest BCUT2D eigenvalue weighted by molar-refractivity contribution is -0.131. The van der Waals surface area contributed by atoms with Crippen LogP contribution in [0.3, 0.4) is 0 Å². The summed E-state index contributed by atoms with van der Waals surface area (Å²) < 4.78 is 0. The minimum absolute atomic E-state index is 0.737. The molecule has 1 N–H and O–H groups in total. The number of carboxylic acids is 1. The van der Waals surface area contributed by atoms with Crippen LogP contribution in [0.4, 0.5) is 0 Å². The predicted molar refractivity (Wildman–Crippen MR) is 71.0 cm³/mol. The lowest BCUT2D eigenvalue weighted by Crippen LogP contribution is -1.92. The Kier molecular flexibility index (Phi) is 5.47. The Morgan fingerprint density at radius 1 is 1.24 bits per heavy atom. The summed E-state index contributed by atoms with van der Waals surface area (Å²) >= 11 is 0. The Labute approximate surface area is 103 Å². The minimum Gasteiger partial charge on any atom is -0.478 e. The van der Waals surface area contributed by atoms with Gasteiger partial charge in [-0.3, -0.25) is 0 Å². The first-order chi connectivity index (χ1) is 8.17. The molecule has 0 aliphatic rings. The zero-order valence-corrected chi connectivity index (χ0v) is 10.6. The van der Waals surface area contributed by atoms with Crippen LogP contribution in [0.15, 0.2) is 30.3 Å². The number of hydrogen-bond donors (Lipinski definition) is 1. The van der Waals surface area contributed by atoms with Gasteiger partial charge in [0.25, 0.3) is 0 Å². The van der Waals surface area contributed by atoms with E-state index in [1.54, 1.807) is 0 Å². The molecule has 0 spiro atoms. The van der Waals surface area contributed by atoms with Crippen molar-refractivity contribution in [1.82, 2.24) is 0 Å². The van der Waals surface area contributed by atoms with Crippen LogP contribution < -0.4 is 0 Å². The second kappa shape index (κ2) is 6.89. The van der Waals surface area contributed by atoms with E-state index in [-0.39, 0.29) is 0 Å². The van der Waals surface area contributed by atoms with Gasteiger partial charge in [0.2, 0.25) is 0 Å². The first-order valence-corrected chi connectivity index (χ1v) is 6.20. The molecule has 0 heterocycles. The molecule has 0 bridgehead atoms. The number of rotatable bonds is 6. The largest absolute Gasteiger partial charge is 0.478 e. The maximum absolute atomic E-state index is 10.7. The molecule has 2 nitrogen and oxygen atoms in total. The fraction of sp³-hybridized carbons (Fsp3) is 0.400. The maximum atomic E-state index is 10.7. The van der Waals surface area contributed by atoms with Gasteiger partial charge in [-0.1, -0.05) is 44.5 Å². The third-order valence-electron chi connectivity index (χ3n) is 2.82. The summed E-state index contributed by atoms with van der Waals surface area (Å²) in [4.78, 5) is 10.7. The molecule has 1 rings (SSSR count). The van der Waals surface area contributed by atoms with Gasteiger partial charge in [-0.05, 0) is 36.0 Å². The van der Waals surface area contributed by atoms with Crippen molar-refractivity contribution in [2.24, 2.45) is 0 Å². The molecule has 92 valence electrons. The summed E-state index contributed by atoms with van der Waals surface area (Å²) in [5.74, 6) is -0.878. The van der Waals surface area contributed by atoms with Crippen molar-refractivity contribution in [3.8, 4) is 0 Å². The van der Waals surface area contributed by atoms with Crippen LogP contribution in [0, 0.1) is 0 Å². The van der Waals surface area contributed by atoms with E-state index >= 15 is 0 Å². The number of aliphatic carboxylic acids is 1. The van der Waals surface area contributed by atoms with E-state index in [1.165, 1.54) is 24.5 Å². The van der Waals surface area contributed by atoms with Crippen LogP contribution in [0.2, 0.25) is 0 Å². The zero-order chi connectivity index (χ0) is 12.7. The SMILES string of the molecule is CCCCc1ccc(/C(=C/C(=O)O)CC)cc1. The van der Waals surface area contributed by atoms with Gasteiger partial charge in [-0.15, -0.1) is 0 Å². The van der Waals surface area contributed by atoms with E-state index in [9.17, 15) is 4.79 Å². The first-order valence-electron chi connectivity index (χ1n) is 6.20. The van der Waals surface area contributed by atoms with Crippen molar-refractivity contribution in [2.75, 3.05) is 0 Å². The van der Waals surface area contributed by atoms with Gasteiger partial charge in [0.1, 0.15) is 0 Å². The minimum atomic E-state index is -0.878. The number of allylic oxidation sites excluding steroid dienone is 1. The van der Waals surface area contributed by atoms with E-state index in [2.05, 4.69) is 19.1 Å². The molecule has 0 saturated heterocycles. The first kappa shape index (κ1) is 13.5. The summed E-state index contributed by atoms with van der Waals surface area (Å²) in [6, 6.07) is 8.22. The molecular weight excluding hydrogens is 212 g/mol. The zero-order valence-electron chi connectivity index (χ0n) is 10.6. The normalized spacial score (nSPS) is 11.5. The van der Waals surface area contributed by atoms with Crippen LogP contribution in [0.5, 0.6) is 0 Å². The number of benzene rings is 1. The fourth-order valence-electron chi connectivity index (χ4n) is 1.80. The van der Waals surface area contributed by atoms with Gasteiger partial charge in [0.15, 0.2) is 0 Å². The van der Waals surface area contributed by atoms with E-state index in [1.807, 2.05) is 19.1 Å². The highest BCUT2D eigenvalue weighted by Crippen LogP contribution is 2.19. The summed E-state index contributed by atoms with van der Waals surface area (Å²) in [7, 11) is 0. The maximum Gasteiger partial charge on any atom is 0.328 e. The Hall–Kier alpha value is -1.57. The second-order valence-electron chi connectivity index (χ2n) is 4.16. The molecule has 0 fully saturated rings. The molecule has 0 aliphatic heterocycles. The molecule has 0 saturated carbocycles. The van der Waals surface area contributed by atoms with Crippen molar-refractivity contribution >= 4 is 11.5 Å². The number of carboxylic acid groups (broad SMARTS) is 1. The summed E-state index contributed by atoms with van der Waals surface area (Å²) in [6.07, 6.45) is 5.52. The van der Waals surface area contributed by atoms with E-state index in [4.69, 9.17) is 5.11 Å². The Morgan fingerprint density at radius 2 is 1.88 bits per heavy atom. The van der Waals surface area contributed by atoms with Crippen molar-refractivity contribution in [3.63, 3.8) is 0 Å². The van der Waals surface area contributed by atoms with E-state index < -0.39 is 5.97 Å². The standard InChI is InChI=1S/C15H20O2/c1-3-5-6-12-7-9-14(10-8-12)13(4-2)11-15(16)17/h7-11H,3-6H2,1-2H3,(H,16,17)/b13-11+. The molecule has 0 unspecified atom stereocenters. The van der Waals surface area contributed by atoms with Crippen molar-refractivity contribution in [1.29, 1.82) is 0 Å². The van der Waals surface area contributed by atoms with Crippen molar-refractivity contribution < 1.29 is 9.90 Å². The number of aryl methyl sites for hydroxylation is 1. The highest BCUT2D eigenvalue weighted by atomic mass is 16.4. The Morgan fingerprint density at radius 3 is 2.35 bits per heavy atom. The van der Waals surface area contributed by atoms with Gasteiger partial charge in [-0.2, -0.15) is 0 Å². The Bertz CT molecular complexity index is 388. The van der Waals surface area contributed by atoms with Gasteiger partial charge in [0, 0.05) is 6.08 Å². The van der Waals surface area contributed by atoms with Crippen LogP contribution in [0.25, 0.3) is 5.57 Å². The second-order valence-corrected chi connectivity index (χ2v) is 4.16. The fourth-order valence-corrected chi connectivity index (χ4v) is 1.80. The van der Waals surface area contributed by atoms with Crippen LogP contribution in [-0.4, -0.2) is 11.1 Å². The van der Waals surface area contributed by atoms with Crippen LogP contribution in [-0.2, 0) is 11.2 Å². The topological polar surface area (TPSA) is 37.3 Å². The van der Waals surface area contributed by atoms with Crippen molar-refractivity contribution in [2.45, 2.75) is 39.5 Å². The smallest absolute Gasteiger partial charge is 0.328 e. The quantitative estimate of drug-likeness (QED) is 0.755. The molecular formula is C15H20O2. The predicted octanol–water partition coefficient (Wildman–Crippen LogP) is 3.91. The molecule has 0 aromatic heterocycles. The van der Waals surface area contributed by atoms with E-state index in [0.717, 1.165) is 24.0 Å². The number of unbranched alkanes of at least 4 members (excludes halogenated alkanes) is 1. The van der Waals surface area contributed by atoms with Gasteiger partial charge in [-0.25, -0.2) is 4.79 Å². The molecule has 2 heteroatoms. The van der Waals surface area contributed by atoms with Crippen molar-refractivity contribution in [3.05, 3.63) is 41.5 Å². The molecule has 0 amide bonds. The highest BCUT2D eigenvalue weighted by Gasteiger charge is 2.02. The lowest BCUT2D eigenvalue weighted by Gasteiger charge is -2.06. The number of hydrogen-bond acceptors (Lipinski definition) is 1. The van der Waals surface area contributed by atoms with Gasteiger partial charge >= 0.3 is 5.97 Å². The molecule has 0 radical (unpaired) electrons. The van der Waals surface area contributed by atoms with Gasteiger partial charge < -0.3 is 5.11 Å². The van der Waals surface area contributed by atoms with E-state index in [0.29, 0.717) is 0 Å². The third-order valence-corrected chi connectivity index (χ3v) is 2.82. The summed E-state index contributed by atoms with van der Waals surface area (Å²) in [5, 5.41) is 8.77. The van der Waals surface area contributed by atoms with Gasteiger partial charge in [0.05, 0.1) is 0 Å². The average molecular weight is 232 g/mol. The third kappa shape index (κ3) is 4.43. The highest BCUT2D eigenvalue weighted by molar-refractivity contribution is 5.89. The molecule has 1 aromatic carbocycles. The lowest BCUT2D eigenvalue weighted by atomic mass is 10.00. The monoisotopic (exact) mass is 232 g/mol. The molecule has 1 aromatic rings. The summed E-state index contributed by atoms with van der Waals surface area (Å²) in [5.41, 5.74) is 3.20. The average Bonchev–Trinajstić information content (AvgIpc) is 2.34. The molecule has 17 heavy (non-hydrogen) atoms. The van der Waals surface area contributed by atoms with Crippen LogP contribution in [0.1, 0.15) is 44.2 Å². The van der Waals surface area contributed by atoms with Crippen LogP contribution >= 0.6 is 0 Å². The molecule has 0 aliphatic carbocycles. The molecule has 0 atom stereocenters. The summed E-state index contributed by atoms with van der Waals surface area (Å²) in [6.45, 7) is 4.15. The Balaban J connectivity index is 2.81.